The Hall–Kier alpha value is -2.75. The molecule has 21 heavy (non-hydrogen) atoms. The molecule has 3 nitrogen and oxygen atoms in total. The van der Waals surface area contributed by atoms with E-state index >= 15 is 0 Å². The van der Waals surface area contributed by atoms with Gasteiger partial charge in [0.2, 0.25) is 0 Å². The van der Waals surface area contributed by atoms with Gasteiger partial charge in [0.25, 0.3) is 5.91 Å². The summed E-state index contributed by atoms with van der Waals surface area (Å²) in [6.45, 7) is 1.87. The predicted octanol–water partition coefficient (Wildman–Crippen LogP) is 3.64. The van der Waals surface area contributed by atoms with Crippen molar-refractivity contribution in [2.24, 2.45) is 5.10 Å². The van der Waals surface area contributed by atoms with Crippen molar-refractivity contribution < 1.29 is 9.18 Å². The van der Waals surface area contributed by atoms with Crippen LogP contribution >= 0.6 is 0 Å². The molecule has 0 aliphatic heterocycles. The third-order valence-electron chi connectivity index (χ3n) is 2.75. The summed E-state index contributed by atoms with van der Waals surface area (Å²) in [5.41, 5.74) is 4.19. The summed E-state index contributed by atoms with van der Waals surface area (Å²) in [5, 5.41) is 3.83. The fraction of sp³-hybridized carbons (Fsp3) is 0.0588. The first kappa shape index (κ1) is 14.7. The maximum absolute atomic E-state index is 13.4. The molecule has 0 spiro atoms. The van der Waals surface area contributed by atoms with E-state index in [2.05, 4.69) is 10.5 Å². The van der Waals surface area contributed by atoms with E-state index in [0.29, 0.717) is 0 Å². The Bertz CT molecular complexity index is 678. The number of nitrogens with one attached hydrogen (secondary N) is 1. The molecule has 2 rings (SSSR count). The Morgan fingerprint density at radius 2 is 1.76 bits per heavy atom. The molecule has 0 unspecified atom stereocenters. The van der Waals surface area contributed by atoms with Crippen LogP contribution in [0.3, 0.4) is 0 Å². The highest BCUT2D eigenvalue weighted by Gasteiger charge is 2.08. The smallest absolute Gasteiger partial charge is 0.267 e. The zero-order chi connectivity index (χ0) is 15.1. The largest absolute Gasteiger partial charge is 0.274 e. The second-order valence-corrected chi connectivity index (χ2v) is 4.48. The van der Waals surface area contributed by atoms with Crippen molar-refractivity contribution in [1.29, 1.82) is 0 Å². The molecule has 1 N–H and O–H groups in total. The second kappa shape index (κ2) is 7.14. The van der Waals surface area contributed by atoms with Crippen molar-refractivity contribution in [3.05, 3.63) is 77.1 Å². The molecule has 2 aromatic carbocycles. The molecule has 0 aliphatic rings. The van der Waals surface area contributed by atoms with Gasteiger partial charge in [0.05, 0.1) is 11.8 Å². The van der Waals surface area contributed by atoms with Crippen molar-refractivity contribution in [2.45, 2.75) is 6.92 Å². The molecule has 0 fully saturated rings. The van der Waals surface area contributed by atoms with Crippen molar-refractivity contribution >= 4 is 18.2 Å². The third kappa shape index (κ3) is 4.38. The van der Waals surface area contributed by atoms with Crippen LogP contribution in [0.25, 0.3) is 6.08 Å². The van der Waals surface area contributed by atoms with E-state index < -0.39 is 11.7 Å². The molecule has 0 radical (unpaired) electrons. The molecule has 0 aromatic heterocycles. The summed E-state index contributed by atoms with van der Waals surface area (Å²) >= 11 is 0. The molecule has 0 saturated carbocycles. The van der Waals surface area contributed by atoms with Crippen LogP contribution < -0.4 is 5.43 Å². The van der Waals surface area contributed by atoms with Crippen molar-refractivity contribution in [3.63, 3.8) is 0 Å². The van der Waals surface area contributed by atoms with E-state index in [4.69, 9.17) is 0 Å². The topological polar surface area (TPSA) is 41.5 Å². The van der Waals surface area contributed by atoms with Gasteiger partial charge in [-0.05, 0) is 30.2 Å². The van der Waals surface area contributed by atoms with E-state index in [0.717, 1.165) is 11.1 Å². The first-order chi connectivity index (χ1) is 10.2. The summed E-state index contributed by atoms with van der Waals surface area (Å²) in [6.07, 6.45) is 3.45. The van der Waals surface area contributed by atoms with E-state index in [1.807, 2.05) is 43.3 Å². The van der Waals surface area contributed by atoms with Crippen LogP contribution in [0.4, 0.5) is 4.39 Å². The van der Waals surface area contributed by atoms with Gasteiger partial charge in [0.15, 0.2) is 0 Å². The van der Waals surface area contributed by atoms with Crippen molar-refractivity contribution in [3.8, 4) is 0 Å². The zero-order valence-corrected chi connectivity index (χ0v) is 11.6. The van der Waals surface area contributed by atoms with Crippen LogP contribution in [0.15, 0.2) is 65.3 Å². The van der Waals surface area contributed by atoms with Gasteiger partial charge in [-0.2, -0.15) is 5.10 Å². The van der Waals surface area contributed by atoms with Gasteiger partial charge in [-0.3, -0.25) is 4.79 Å². The number of carbonyl (C=O) groups excluding carboxylic acids is 1. The number of allylic oxidation sites excluding steroid dienone is 1. The molecule has 0 saturated heterocycles. The van der Waals surface area contributed by atoms with Crippen LogP contribution in [0.2, 0.25) is 0 Å². The lowest BCUT2D eigenvalue weighted by atomic mass is 10.1. The number of amides is 1. The van der Waals surface area contributed by atoms with Crippen LogP contribution in [-0.2, 0) is 0 Å². The van der Waals surface area contributed by atoms with Gasteiger partial charge in [-0.1, -0.05) is 48.5 Å². The molecule has 1 amide bonds. The third-order valence-corrected chi connectivity index (χ3v) is 2.75. The lowest BCUT2D eigenvalue weighted by Gasteiger charge is -2.00. The molecular formula is C17H15FN2O. The lowest BCUT2D eigenvalue weighted by molar-refractivity contribution is 0.0951. The summed E-state index contributed by atoms with van der Waals surface area (Å²) in [6, 6.07) is 15.5. The molecule has 0 atom stereocenters. The quantitative estimate of drug-likeness (QED) is 0.675. The van der Waals surface area contributed by atoms with Gasteiger partial charge in [0.1, 0.15) is 5.82 Å². The van der Waals surface area contributed by atoms with Gasteiger partial charge < -0.3 is 0 Å². The molecule has 2 aromatic rings. The van der Waals surface area contributed by atoms with Crippen molar-refractivity contribution in [1.82, 2.24) is 5.43 Å². The number of benzene rings is 2. The normalized spacial score (nSPS) is 11.6. The van der Waals surface area contributed by atoms with E-state index in [-0.39, 0.29) is 5.56 Å². The number of carbonyl (C=O) groups is 1. The molecule has 106 valence electrons. The standard InChI is InChI=1S/C17H15FN2O/c1-13(11-14-7-3-2-4-8-14)12-19-20-17(21)15-9-5-6-10-16(15)18/h2-12H,1H3,(H,20,21)/b13-11+,19-12-. The van der Waals surface area contributed by atoms with Crippen LogP contribution in [-0.4, -0.2) is 12.1 Å². The first-order valence-electron chi connectivity index (χ1n) is 6.48. The van der Waals surface area contributed by atoms with E-state index in [9.17, 15) is 9.18 Å². The number of hydrogen-bond acceptors (Lipinski definition) is 2. The van der Waals surface area contributed by atoms with Crippen LogP contribution in [0, 0.1) is 5.82 Å². The first-order valence-corrected chi connectivity index (χ1v) is 6.48. The Labute approximate surface area is 122 Å². The predicted molar refractivity (Wildman–Crippen MR) is 82.5 cm³/mol. The van der Waals surface area contributed by atoms with Crippen LogP contribution in [0.5, 0.6) is 0 Å². The van der Waals surface area contributed by atoms with Crippen molar-refractivity contribution in [2.75, 3.05) is 0 Å². The molecule has 0 bridgehead atoms. The summed E-state index contributed by atoms with van der Waals surface area (Å²) in [4.78, 5) is 11.7. The van der Waals surface area contributed by atoms with Crippen LogP contribution in [0.1, 0.15) is 22.8 Å². The number of rotatable bonds is 4. The molecule has 0 heterocycles. The zero-order valence-electron chi connectivity index (χ0n) is 11.6. The molecule has 0 aliphatic carbocycles. The molecular weight excluding hydrogens is 267 g/mol. The van der Waals surface area contributed by atoms with Gasteiger partial charge >= 0.3 is 0 Å². The fourth-order valence-corrected chi connectivity index (χ4v) is 1.75. The minimum absolute atomic E-state index is 0.0284. The highest BCUT2D eigenvalue weighted by Crippen LogP contribution is 2.06. The van der Waals surface area contributed by atoms with Gasteiger partial charge in [-0.25, -0.2) is 9.82 Å². The minimum Gasteiger partial charge on any atom is -0.267 e. The SMILES string of the molecule is CC(/C=N\NC(=O)c1ccccc1F)=C\c1ccccc1. The van der Waals surface area contributed by atoms with Gasteiger partial charge in [-0.15, -0.1) is 0 Å². The number of hydrogen-bond donors (Lipinski definition) is 1. The van der Waals surface area contributed by atoms with E-state index in [1.165, 1.54) is 24.4 Å². The van der Waals surface area contributed by atoms with E-state index in [1.54, 1.807) is 6.07 Å². The highest BCUT2D eigenvalue weighted by molar-refractivity contribution is 5.95. The van der Waals surface area contributed by atoms with Gasteiger partial charge in [0, 0.05) is 0 Å². The monoisotopic (exact) mass is 282 g/mol. The highest BCUT2D eigenvalue weighted by atomic mass is 19.1. The number of halogens is 1. The lowest BCUT2D eigenvalue weighted by Crippen LogP contribution is -2.18. The maximum Gasteiger partial charge on any atom is 0.274 e. The average molecular weight is 282 g/mol. The molecule has 4 heteroatoms. The Kier molecular flexibility index (Phi) is 4.99. The Morgan fingerprint density at radius 1 is 1.10 bits per heavy atom. The fourth-order valence-electron chi connectivity index (χ4n) is 1.75. The Balaban J connectivity index is 1.98. The Morgan fingerprint density at radius 3 is 2.48 bits per heavy atom. The maximum atomic E-state index is 13.4. The second-order valence-electron chi connectivity index (χ2n) is 4.48. The minimum atomic E-state index is -0.572. The summed E-state index contributed by atoms with van der Waals surface area (Å²) < 4.78 is 13.4. The summed E-state index contributed by atoms with van der Waals surface area (Å²) in [7, 11) is 0. The average Bonchev–Trinajstić information content (AvgIpc) is 2.48. The number of hydrazone groups is 1. The number of nitrogens with zero attached hydrogens (tertiary/aromatic N) is 1. The summed E-state index contributed by atoms with van der Waals surface area (Å²) in [5.74, 6) is -1.14.